The van der Waals surface area contributed by atoms with E-state index in [2.05, 4.69) is 22.2 Å². The molecule has 2 aromatic heterocycles. The van der Waals surface area contributed by atoms with Crippen molar-refractivity contribution in [2.45, 2.75) is 32.9 Å². The van der Waals surface area contributed by atoms with Gasteiger partial charge in [0.1, 0.15) is 11.5 Å². The van der Waals surface area contributed by atoms with Gasteiger partial charge in [0.05, 0.1) is 6.04 Å². The monoisotopic (exact) mass is 246 g/mol. The Morgan fingerprint density at radius 3 is 3.11 bits per heavy atom. The van der Waals surface area contributed by atoms with E-state index in [1.54, 1.807) is 12.4 Å². The highest BCUT2D eigenvalue weighted by atomic mass is 16.2. The van der Waals surface area contributed by atoms with Crippen molar-refractivity contribution in [2.75, 3.05) is 0 Å². The number of H-pyrrole nitrogens is 1. The minimum atomic E-state index is -0.127. The molecule has 0 aromatic carbocycles. The lowest BCUT2D eigenvalue weighted by molar-refractivity contribution is 0.0929. The molecule has 1 unspecified atom stereocenters. The zero-order valence-corrected chi connectivity index (χ0v) is 10.7. The Balaban J connectivity index is 2.05. The first-order valence-corrected chi connectivity index (χ1v) is 6.17. The predicted molar refractivity (Wildman–Crippen MR) is 69.2 cm³/mol. The van der Waals surface area contributed by atoms with Gasteiger partial charge in [-0.1, -0.05) is 6.92 Å². The Morgan fingerprint density at radius 2 is 2.44 bits per heavy atom. The molecule has 0 fully saturated rings. The Labute approximate surface area is 106 Å². The van der Waals surface area contributed by atoms with E-state index >= 15 is 0 Å². The van der Waals surface area contributed by atoms with E-state index in [1.165, 1.54) is 0 Å². The van der Waals surface area contributed by atoms with Crippen molar-refractivity contribution in [2.24, 2.45) is 0 Å². The standard InChI is InChI=1S/C13H18N4O/c1-3-8-17-9-4-5-11(17)13(18)16-10(2)12-14-6-7-15-12/h4-7,9-10H,3,8H2,1-2H3,(H,14,15)(H,16,18). The smallest absolute Gasteiger partial charge is 0.268 e. The summed E-state index contributed by atoms with van der Waals surface area (Å²) in [6, 6.07) is 3.60. The molecule has 0 aliphatic heterocycles. The van der Waals surface area contributed by atoms with E-state index < -0.39 is 0 Å². The molecule has 1 atom stereocenters. The van der Waals surface area contributed by atoms with E-state index in [9.17, 15) is 4.79 Å². The van der Waals surface area contributed by atoms with Crippen LogP contribution in [0.5, 0.6) is 0 Å². The van der Waals surface area contributed by atoms with Crippen LogP contribution in [-0.4, -0.2) is 20.4 Å². The SMILES string of the molecule is CCCn1cccc1C(=O)NC(C)c1ncc[nH]1. The molecule has 2 N–H and O–H groups in total. The molecule has 1 amide bonds. The second-order valence-electron chi connectivity index (χ2n) is 4.26. The van der Waals surface area contributed by atoms with E-state index in [-0.39, 0.29) is 11.9 Å². The highest BCUT2D eigenvalue weighted by Crippen LogP contribution is 2.09. The van der Waals surface area contributed by atoms with Gasteiger partial charge < -0.3 is 14.9 Å². The van der Waals surface area contributed by atoms with E-state index in [4.69, 9.17) is 0 Å². The zero-order valence-electron chi connectivity index (χ0n) is 10.7. The number of carbonyl (C=O) groups is 1. The summed E-state index contributed by atoms with van der Waals surface area (Å²) in [7, 11) is 0. The summed E-state index contributed by atoms with van der Waals surface area (Å²) in [5.41, 5.74) is 0.690. The molecule has 0 saturated carbocycles. The van der Waals surface area contributed by atoms with Gasteiger partial charge in [-0.3, -0.25) is 4.79 Å². The molecule has 0 saturated heterocycles. The van der Waals surface area contributed by atoms with Crippen molar-refractivity contribution in [3.05, 3.63) is 42.2 Å². The fourth-order valence-electron chi connectivity index (χ4n) is 1.91. The second-order valence-corrected chi connectivity index (χ2v) is 4.26. The average Bonchev–Trinajstić information content (AvgIpc) is 3.00. The van der Waals surface area contributed by atoms with Crippen molar-refractivity contribution in [1.82, 2.24) is 19.9 Å². The maximum Gasteiger partial charge on any atom is 0.268 e. The van der Waals surface area contributed by atoms with Crippen molar-refractivity contribution in [3.8, 4) is 0 Å². The van der Waals surface area contributed by atoms with Crippen molar-refractivity contribution >= 4 is 5.91 Å². The first-order chi connectivity index (χ1) is 8.72. The number of hydrogen-bond donors (Lipinski definition) is 2. The van der Waals surface area contributed by atoms with Crippen molar-refractivity contribution in [3.63, 3.8) is 0 Å². The van der Waals surface area contributed by atoms with Gasteiger partial charge in [0.2, 0.25) is 0 Å². The number of amides is 1. The Morgan fingerprint density at radius 1 is 1.61 bits per heavy atom. The number of aryl methyl sites for hydroxylation is 1. The van der Waals surface area contributed by atoms with Crippen LogP contribution >= 0.6 is 0 Å². The number of rotatable bonds is 5. The molecular weight excluding hydrogens is 228 g/mol. The van der Waals surface area contributed by atoms with Crippen LogP contribution in [0.15, 0.2) is 30.7 Å². The third kappa shape index (κ3) is 2.61. The third-order valence-electron chi connectivity index (χ3n) is 2.80. The predicted octanol–water partition coefficient (Wildman–Crippen LogP) is 2.11. The summed E-state index contributed by atoms with van der Waals surface area (Å²) in [6.45, 7) is 4.85. The lowest BCUT2D eigenvalue weighted by Gasteiger charge is -2.13. The van der Waals surface area contributed by atoms with Gasteiger partial charge in [-0.15, -0.1) is 0 Å². The summed E-state index contributed by atoms with van der Waals surface area (Å²) < 4.78 is 1.96. The topological polar surface area (TPSA) is 62.7 Å². The van der Waals surface area contributed by atoms with Gasteiger partial charge >= 0.3 is 0 Å². The van der Waals surface area contributed by atoms with Crippen molar-refractivity contribution in [1.29, 1.82) is 0 Å². The Hall–Kier alpha value is -2.04. The van der Waals surface area contributed by atoms with Gasteiger partial charge in [0, 0.05) is 25.1 Å². The minimum Gasteiger partial charge on any atom is -0.347 e. The molecule has 18 heavy (non-hydrogen) atoms. The molecule has 96 valence electrons. The van der Waals surface area contributed by atoms with Crippen LogP contribution in [0.2, 0.25) is 0 Å². The highest BCUT2D eigenvalue weighted by molar-refractivity contribution is 5.92. The van der Waals surface area contributed by atoms with Crippen LogP contribution in [0.25, 0.3) is 0 Å². The number of aromatic amines is 1. The normalized spacial score (nSPS) is 12.3. The highest BCUT2D eigenvalue weighted by Gasteiger charge is 2.15. The number of nitrogens with one attached hydrogen (secondary N) is 2. The maximum absolute atomic E-state index is 12.1. The molecule has 2 rings (SSSR count). The number of hydrogen-bond acceptors (Lipinski definition) is 2. The number of carbonyl (C=O) groups excluding carboxylic acids is 1. The van der Waals surface area contributed by atoms with Crippen LogP contribution in [0.4, 0.5) is 0 Å². The van der Waals surface area contributed by atoms with E-state index in [1.807, 2.05) is 29.8 Å². The van der Waals surface area contributed by atoms with Gasteiger partial charge in [-0.2, -0.15) is 0 Å². The molecule has 0 aliphatic rings. The molecule has 2 heterocycles. The quantitative estimate of drug-likeness (QED) is 0.848. The van der Waals surface area contributed by atoms with Gasteiger partial charge in [0.25, 0.3) is 5.91 Å². The fraction of sp³-hybridized carbons (Fsp3) is 0.385. The summed E-state index contributed by atoms with van der Waals surface area (Å²) in [5, 5.41) is 2.93. The molecule has 5 heteroatoms. The first kappa shape index (κ1) is 12.4. The van der Waals surface area contributed by atoms with E-state index in [0.29, 0.717) is 5.69 Å². The number of nitrogens with zero attached hydrogens (tertiary/aromatic N) is 2. The largest absolute Gasteiger partial charge is 0.347 e. The Kier molecular flexibility index (Phi) is 3.82. The van der Waals surface area contributed by atoms with Gasteiger partial charge in [-0.25, -0.2) is 4.98 Å². The lowest BCUT2D eigenvalue weighted by Crippen LogP contribution is -2.29. The van der Waals surface area contributed by atoms with Crippen molar-refractivity contribution < 1.29 is 4.79 Å². The van der Waals surface area contributed by atoms with Crippen LogP contribution in [-0.2, 0) is 6.54 Å². The Bertz CT molecular complexity index is 501. The molecule has 0 aliphatic carbocycles. The summed E-state index contributed by atoms with van der Waals surface area (Å²) in [6.07, 6.45) is 6.36. The summed E-state index contributed by atoms with van der Waals surface area (Å²) in [4.78, 5) is 19.3. The lowest BCUT2D eigenvalue weighted by atomic mass is 10.3. The zero-order chi connectivity index (χ0) is 13.0. The maximum atomic E-state index is 12.1. The third-order valence-corrected chi connectivity index (χ3v) is 2.80. The molecule has 2 aromatic rings. The molecule has 5 nitrogen and oxygen atoms in total. The summed E-state index contributed by atoms with van der Waals surface area (Å²) in [5.74, 6) is 0.689. The number of imidazole rings is 1. The van der Waals surface area contributed by atoms with E-state index in [0.717, 1.165) is 18.8 Å². The van der Waals surface area contributed by atoms with Gasteiger partial charge in [-0.05, 0) is 25.5 Å². The fourth-order valence-corrected chi connectivity index (χ4v) is 1.91. The minimum absolute atomic E-state index is 0.0719. The van der Waals surface area contributed by atoms with Crippen LogP contribution in [0.1, 0.15) is 42.6 Å². The number of aromatic nitrogens is 3. The molecule has 0 bridgehead atoms. The molecule has 0 spiro atoms. The van der Waals surface area contributed by atoms with Crippen LogP contribution in [0.3, 0.4) is 0 Å². The summed E-state index contributed by atoms with van der Waals surface area (Å²) >= 11 is 0. The molecule has 0 radical (unpaired) electrons. The average molecular weight is 246 g/mol. The second kappa shape index (κ2) is 5.53. The van der Waals surface area contributed by atoms with Crippen LogP contribution in [0, 0.1) is 0 Å². The molecular formula is C13H18N4O. The van der Waals surface area contributed by atoms with Gasteiger partial charge in [0.15, 0.2) is 0 Å². The van der Waals surface area contributed by atoms with Crippen LogP contribution < -0.4 is 5.32 Å². The first-order valence-electron chi connectivity index (χ1n) is 6.17.